The van der Waals surface area contributed by atoms with E-state index < -0.39 is 94.6 Å². The van der Waals surface area contributed by atoms with Gasteiger partial charge in [-0.15, -0.1) is 0 Å². The first-order valence-electron chi connectivity index (χ1n) is 29.3. The maximum absolute atomic E-state index is 15.7. The predicted octanol–water partition coefficient (Wildman–Crippen LogP) is 10.8. The van der Waals surface area contributed by atoms with Crippen LogP contribution < -0.4 is 31.5 Å². The molecule has 2 aromatic heterocycles. The smallest absolute Gasteiger partial charge is 0.351 e. The molecule has 0 bridgehead atoms. The quantitative estimate of drug-likeness (QED) is 0.0250. The number of benzene rings is 5. The number of aromatic nitrogens is 4. The molecule has 9 rings (SSSR count). The van der Waals surface area contributed by atoms with Gasteiger partial charge in [0.2, 0.25) is 0 Å². The molecule has 470 valence electrons. The van der Waals surface area contributed by atoms with E-state index in [9.17, 15) is 29.7 Å². The lowest BCUT2D eigenvalue weighted by atomic mass is 9.80. The second-order valence-electron chi connectivity index (χ2n) is 21.6. The van der Waals surface area contributed by atoms with Crippen molar-refractivity contribution < 1.29 is 55.9 Å². The van der Waals surface area contributed by atoms with Gasteiger partial charge in [0, 0.05) is 54.9 Å². The highest BCUT2D eigenvalue weighted by Gasteiger charge is 2.48. The Morgan fingerprint density at radius 3 is 1.57 bits per heavy atom. The molecule has 4 heterocycles. The Balaban J connectivity index is 1.06. The zero-order valence-corrected chi connectivity index (χ0v) is 52.4. The molecular formula is C65H71N9O14P2. The Morgan fingerprint density at radius 2 is 1.11 bits per heavy atom. The fraction of sp³-hybridized carbons (Fsp3) is 0.354. The van der Waals surface area contributed by atoms with E-state index in [1.54, 1.807) is 74.9 Å². The number of nitriles is 2. The van der Waals surface area contributed by atoms with Gasteiger partial charge >= 0.3 is 19.0 Å². The summed E-state index contributed by atoms with van der Waals surface area (Å²) in [6.07, 6.45) is -4.28. The summed E-state index contributed by atoms with van der Waals surface area (Å²) in [4.78, 5) is 62.5. The molecule has 2 aliphatic rings. The standard InChI is InChI=1S/C65H71N9O14P2/c1-44(2)74(45(3)4)89(83-38-16-34-66)87-53-40-59(72-36-32-57(70-63(72)77)68-61(75)46-18-10-7-11-19-46)86-56(53)43-84-90(79,39-17-35-67)88-54-41-60(73-37-33-58(71-64(73)78)69-62(76)47-20-12-8-13-21-47)85-55(54)42-82-65(48-22-14-9-15-23-48,49-24-28-51(80-5)29-25-49)50-26-30-52(81-6)31-27-50/h7-15,18-33,36-37,44-45,53-56,59-60H,16-17,38-43H2,1-6H3,(H,68,70,75,77)(H,69,71,76,78)/t53-,54-,55+,56+,59+,60+,89?,90?/m0/s1. The van der Waals surface area contributed by atoms with Crippen LogP contribution in [0.2, 0.25) is 0 Å². The van der Waals surface area contributed by atoms with Crippen LogP contribution in [0.1, 0.15) is 103 Å². The van der Waals surface area contributed by atoms with Crippen LogP contribution in [0, 0.1) is 22.7 Å². The molecular weight excluding hydrogens is 1190 g/mol. The maximum atomic E-state index is 15.7. The van der Waals surface area contributed by atoms with Gasteiger partial charge in [0.25, 0.3) is 20.3 Å². The Hall–Kier alpha value is -8.28. The van der Waals surface area contributed by atoms with Crippen molar-refractivity contribution in [3.8, 4) is 23.6 Å². The molecule has 0 radical (unpaired) electrons. The van der Waals surface area contributed by atoms with Crippen molar-refractivity contribution in [3.05, 3.63) is 213 Å². The number of ether oxygens (including phenoxy) is 5. The van der Waals surface area contributed by atoms with Crippen molar-refractivity contribution in [3.63, 3.8) is 0 Å². The average Bonchev–Trinajstić information content (AvgIpc) is 0.801. The number of carbonyl (C=O) groups is 2. The van der Waals surface area contributed by atoms with Crippen molar-refractivity contribution >= 4 is 39.6 Å². The van der Waals surface area contributed by atoms with Crippen LogP contribution in [0.5, 0.6) is 11.5 Å². The third-order valence-corrected chi connectivity index (χ3v) is 19.0. The van der Waals surface area contributed by atoms with E-state index in [0.29, 0.717) is 33.8 Å². The highest BCUT2D eigenvalue weighted by Crippen LogP contribution is 2.55. The largest absolute Gasteiger partial charge is 0.497 e. The molecule has 0 spiro atoms. The maximum Gasteiger partial charge on any atom is 0.351 e. The topological polar surface area (TPSA) is 279 Å². The summed E-state index contributed by atoms with van der Waals surface area (Å²) in [5.41, 5.74) is -0.0776. The molecule has 25 heteroatoms. The molecule has 2 saturated heterocycles. The van der Waals surface area contributed by atoms with Crippen LogP contribution in [0.3, 0.4) is 0 Å². The number of amides is 2. The third-order valence-electron chi connectivity index (χ3n) is 15.0. The fourth-order valence-electron chi connectivity index (χ4n) is 10.6. The van der Waals surface area contributed by atoms with E-state index in [4.69, 9.17) is 41.8 Å². The summed E-state index contributed by atoms with van der Waals surface area (Å²) in [6.45, 7) is 7.25. The van der Waals surface area contributed by atoms with E-state index in [1.165, 1.54) is 33.7 Å². The zero-order chi connectivity index (χ0) is 63.8. The number of methoxy groups -OCH3 is 2. The lowest BCUT2D eigenvalue weighted by molar-refractivity contribution is -0.0933. The van der Waals surface area contributed by atoms with Gasteiger partial charge in [-0.05, 0) is 105 Å². The monoisotopic (exact) mass is 1260 g/mol. The highest BCUT2D eigenvalue weighted by atomic mass is 31.2. The normalized spacial score (nSPS) is 19.2. The number of nitrogens with zero attached hydrogens (tertiary/aromatic N) is 7. The molecule has 0 saturated carbocycles. The molecule has 90 heavy (non-hydrogen) atoms. The first-order valence-corrected chi connectivity index (χ1v) is 32.2. The van der Waals surface area contributed by atoms with Crippen molar-refractivity contribution in [1.29, 1.82) is 10.5 Å². The molecule has 5 aromatic carbocycles. The SMILES string of the molecule is COc1ccc(C(OC[C@H]2O[C@@H](n3ccc(NC(=O)c4ccccc4)nc3=O)C[C@@H]2OP(=O)(CCC#N)OC[C@H]2O[C@@H](n3ccc(NC(=O)c4ccccc4)nc3=O)C[C@@H]2OP(OCCC#N)N(C(C)C)C(C)C)(c2ccccc2)c2ccc(OC)cc2)cc1. The number of hydrogen-bond acceptors (Lipinski definition) is 19. The van der Waals surface area contributed by atoms with E-state index in [1.807, 2.05) is 111 Å². The molecule has 7 aromatic rings. The van der Waals surface area contributed by atoms with Gasteiger partial charge in [-0.2, -0.15) is 20.5 Å². The van der Waals surface area contributed by atoms with Crippen LogP contribution in [0.25, 0.3) is 0 Å². The van der Waals surface area contributed by atoms with E-state index in [0.717, 1.165) is 5.56 Å². The minimum Gasteiger partial charge on any atom is -0.497 e. The Bertz CT molecular complexity index is 3720. The number of nitrogens with one attached hydrogen (secondary N) is 2. The molecule has 23 nitrogen and oxygen atoms in total. The first-order chi connectivity index (χ1) is 43.5. The van der Waals surface area contributed by atoms with Crippen LogP contribution >= 0.6 is 16.1 Å². The molecule has 2 fully saturated rings. The average molecular weight is 1260 g/mol. The summed E-state index contributed by atoms with van der Waals surface area (Å²) in [5.74, 6) is 0.246. The Morgan fingerprint density at radius 1 is 0.656 bits per heavy atom. The summed E-state index contributed by atoms with van der Waals surface area (Å²) >= 11 is 0. The van der Waals surface area contributed by atoms with Gasteiger partial charge in [0.1, 0.15) is 53.4 Å². The van der Waals surface area contributed by atoms with Gasteiger partial charge < -0.3 is 52.4 Å². The van der Waals surface area contributed by atoms with Crippen molar-refractivity contribution in [2.24, 2.45) is 0 Å². The third kappa shape index (κ3) is 16.2. The second-order valence-corrected chi connectivity index (χ2v) is 25.1. The highest BCUT2D eigenvalue weighted by molar-refractivity contribution is 7.53. The van der Waals surface area contributed by atoms with Gasteiger partial charge in [-0.25, -0.2) is 14.3 Å². The lowest BCUT2D eigenvalue weighted by Crippen LogP contribution is -2.38. The second kappa shape index (κ2) is 31.0. The zero-order valence-electron chi connectivity index (χ0n) is 50.6. The number of carbonyl (C=O) groups excluding carboxylic acids is 2. The first kappa shape index (κ1) is 66.1. The van der Waals surface area contributed by atoms with Gasteiger partial charge in [0.15, 0.2) is 0 Å². The summed E-state index contributed by atoms with van der Waals surface area (Å²) in [5, 5.41) is 24.9. The Kier molecular flexibility index (Phi) is 22.8. The van der Waals surface area contributed by atoms with Crippen LogP contribution in [0.15, 0.2) is 174 Å². The molecule has 0 aliphatic carbocycles. The number of anilines is 2. The van der Waals surface area contributed by atoms with Crippen LogP contribution in [0.4, 0.5) is 11.6 Å². The van der Waals surface area contributed by atoms with E-state index >= 15 is 4.57 Å². The van der Waals surface area contributed by atoms with E-state index in [-0.39, 0.29) is 62.6 Å². The molecule has 2 amide bonds. The Labute approximate surface area is 522 Å². The van der Waals surface area contributed by atoms with Crippen molar-refractivity contribution in [2.75, 3.05) is 50.8 Å². The minimum atomic E-state index is -4.46. The van der Waals surface area contributed by atoms with E-state index in [2.05, 4.69) is 32.7 Å². The number of hydrogen-bond donors (Lipinski definition) is 2. The van der Waals surface area contributed by atoms with Crippen molar-refractivity contribution in [2.45, 2.75) is 108 Å². The minimum absolute atomic E-state index is 0.00447. The van der Waals surface area contributed by atoms with Gasteiger partial charge in [0.05, 0.1) is 71.0 Å². The van der Waals surface area contributed by atoms with Crippen LogP contribution in [-0.4, -0.2) is 112 Å². The molecule has 8 atom stereocenters. The molecule has 2 N–H and O–H groups in total. The molecule has 2 unspecified atom stereocenters. The summed E-state index contributed by atoms with van der Waals surface area (Å²) in [6, 6.07) is 48.2. The summed E-state index contributed by atoms with van der Waals surface area (Å²) < 4.78 is 78.4. The van der Waals surface area contributed by atoms with Gasteiger partial charge in [-0.3, -0.25) is 23.3 Å². The fourth-order valence-corrected chi connectivity index (χ4v) is 14.1. The molecule has 2 aliphatic heterocycles. The lowest BCUT2D eigenvalue weighted by Gasteiger charge is -2.37. The van der Waals surface area contributed by atoms with Gasteiger partial charge in [-0.1, -0.05) is 91.0 Å². The predicted molar refractivity (Wildman–Crippen MR) is 335 cm³/mol. The van der Waals surface area contributed by atoms with Crippen LogP contribution in [-0.2, 0) is 42.5 Å². The van der Waals surface area contributed by atoms with Crippen molar-refractivity contribution in [1.82, 2.24) is 23.8 Å². The number of rotatable bonds is 29. The summed E-state index contributed by atoms with van der Waals surface area (Å²) in [7, 11) is -3.23.